The van der Waals surface area contributed by atoms with Gasteiger partial charge >= 0.3 is 0 Å². The second kappa shape index (κ2) is 9.60. The van der Waals surface area contributed by atoms with E-state index in [9.17, 15) is 4.79 Å². The molecule has 1 N–H and O–H groups in total. The molecule has 0 bridgehead atoms. The highest BCUT2D eigenvalue weighted by Crippen LogP contribution is 2.30. The predicted molar refractivity (Wildman–Crippen MR) is 117 cm³/mol. The van der Waals surface area contributed by atoms with E-state index in [1.807, 2.05) is 91.9 Å². The Bertz CT molecular complexity index is 981. The van der Waals surface area contributed by atoms with Crippen LogP contribution in [0, 0.1) is 0 Å². The van der Waals surface area contributed by atoms with E-state index in [0.29, 0.717) is 17.1 Å². The van der Waals surface area contributed by atoms with Crippen molar-refractivity contribution < 1.29 is 14.3 Å². The van der Waals surface area contributed by atoms with E-state index in [4.69, 9.17) is 9.47 Å². The fourth-order valence-corrected chi connectivity index (χ4v) is 3.09. The number of nitrogens with one attached hydrogen (secondary N) is 1. The molecule has 0 radical (unpaired) electrons. The molecule has 0 aliphatic heterocycles. The summed E-state index contributed by atoms with van der Waals surface area (Å²) < 4.78 is 10.7. The summed E-state index contributed by atoms with van der Waals surface area (Å²) in [6.07, 6.45) is 1.91. The second-order valence-electron chi connectivity index (χ2n) is 6.64. The molecule has 3 aromatic rings. The number of rotatable bonds is 7. The summed E-state index contributed by atoms with van der Waals surface area (Å²) in [5.74, 6) is 1.15. The third-order valence-corrected chi connectivity index (χ3v) is 4.70. The minimum atomic E-state index is -0.204. The summed E-state index contributed by atoms with van der Waals surface area (Å²) in [5.41, 5.74) is 3.39. The smallest absolute Gasteiger partial charge is 0.252 e. The first-order chi connectivity index (χ1) is 14.1. The van der Waals surface area contributed by atoms with Gasteiger partial charge in [-0.3, -0.25) is 4.79 Å². The largest absolute Gasteiger partial charge is 0.493 e. The fraction of sp³-hybridized carbons (Fsp3) is 0.160. The van der Waals surface area contributed by atoms with E-state index in [1.54, 1.807) is 14.2 Å². The normalized spacial score (nSPS) is 12.2. The van der Waals surface area contributed by atoms with Crippen LogP contribution >= 0.6 is 0 Å². The zero-order valence-electron chi connectivity index (χ0n) is 16.9. The molecule has 1 amide bonds. The van der Waals surface area contributed by atoms with Crippen LogP contribution in [0.5, 0.6) is 11.5 Å². The van der Waals surface area contributed by atoms with Gasteiger partial charge in [0.1, 0.15) is 0 Å². The first kappa shape index (κ1) is 20.2. The van der Waals surface area contributed by atoms with Crippen molar-refractivity contribution in [1.29, 1.82) is 0 Å². The van der Waals surface area contributed by atoms with Crippen LogP contribution < -0.4 is 14.8 Å². The molecule has 0 unspecified atom stereocenters. The highest BCUT2D eigenvalue weighted by atomic mass is 16.5. The van der Waals surface area contributed by atoms with Gasteiger partial charge in [0.25, 0.3) is 5.91 Å². The molecule has 0 heterocycles. The molecule has 0 spiro atoms. The molecule has 3 aromatic carbocycles. The summed E-state index contributed by atoms with van der Waals surface area (Å²) in [4.78, 5) is 13.2. The number of amides is 1. The fourth-order valence-electron chi connectivity index (χ4n) is 3.09. The molecule has 29 heavy (non-hydrogen) atoms. The minimum absolute atomic E-state index is 0.137. The van der Waals surface area contributed by atoms with Crippen LogP contribution in [0.3, 0.4) is 0 Å². The van der Waals surface area contributed by atoms with E-state index in [0.717, 1.165) is 16.7 Å². The number of carbonyl (C=O) groups excluding carboxylic acids is 1. The molecule has 0 aliphatic carbocycles. The lowest BCUT2D eigenvalue weighted by Crippen LogP contribution is -2.27. The number of hydrogen-bond acceptors (Lipinski definition) is 3. The van der Waals surface area contributed by atoms with Gasteiger partial charge in [-0.1, -0.05) is 66.7 Å². The summed E-state index contributed by atoms with van der Waals surface area (Å²) >= 11 is 0. The van der Waals surface area contributed by atoms with Crippen molar-refractivity contribution in [2.45, 2.75) is 13.0 Å². The number of ether oxygens (including phenoxy) is 2. The molecule has 4 nitrogen and oxygen atoms in total. The standard InChI is InChI=1S/C25H25NO3/c1-18(21-14-15-23(28-2)24(17-21)29-3)26-25(27)22(20-12-8-5-9-13-20)16-19-10-6-4-7-11-19/h4-18H,1-3H3,(H,26,27)/b22-16+/t18-/m1/s1. The van der Waals surface area contributed by atoms with Gasteiger partial charge in [0.2, 0.25) is 0 Å². The molecule has 0 aromatic heterocycles. The SMILES string of the molecule is COc1ccc([C@@H](C)NC(=O)/C(=C/c2ccccc2)c2ccccc2)cc1OC. The third kappa shape index (κ3) is 5.05. The van der Waals surface area contributed by atoms with Crippen LogP contribution in [0.1, 0.15) is 29.7 Å². The van der Waals surface area contributed by atoms with Crippen LogP contribution in [0.2, 0.25) is 0 Å². The number of methoxy groups -OCH3 is 2. The number of benzene rings is 3. The first-order valence-corrected chi connectivity index (χ1v) is 9.47. The summed E-state index contributed by atoms with van der Waals surface area (Å²) in [7, 11) is 3.20. The van der Waals surface area contributed by atoms with Gasteiger partial charge < -0.3 is 14.8 Å². The highest BCUT2D eigenvalue weighted by molar-refractivity contribution is 6.24. The molecule has 0 saturated heterocycles. The van der Waals surface area contributed by atoms with Crippen molar-refractivity contribution in [1.82, 2.24) is 5.32 Å². The van der Waals surface area contributed by atoms with E-state index in [2.05, 4.69) is 5.32 Å². The van der Waals surface area contributed by atoms with Gasteiger partial charge in [-0.25, -0.2) is 0 Å². The minimum Gasteiger partial charge on any atom is -0.493 e. The van der Waals surface area contributed by atoms with Gasteiger partial charge in [-0.05, 0) is 41.8 Å². The maximum atomic E-state index is 13.2. The van der Waals surface area contributed by atoms with E-state index in [1.165, 1.54) is 0 Å². The number of carbonyl (C=O) groups is 1. The Balaban J connectivity index is 1.88. The third-order valence-electron chi connectivity index (χ3n) is 4.70. The quantitative estimate of drug-likeness (QED) is 0.452. The molecule has 148 valence electrons. The molecule has 3 rings (SSSR count). The zero-order valence-corrected chi connectivity index (χ0v) is 16.9. The Hall–Kier alpha value is -3.53. The van der Waals surface area contributed by atoms with Crippen LogP contribution in [0.4, 0.5) is 0 Å². The van der Waals surface area contributed by atoms with Crippen molar-refractivity contribution >= 4 is 17.6 Å². The van der Waals surface area contributed by atoms with Crippen LogP contribution in [0.25, 0.3) is 11.6 Å². The van der Waals surface area contributed by atoms with Gasteiger partial charge in [0.15, 0.2) is 11.5 Å². The Morgan fingerprint density at radius 3 is 2.10 bits per heavy atom. The van der Waals surface area contributed by atoms with Crippen molar-refractivity contribution in [3.8, 4) is 11.5 Å². The maximum Gasteiger partial charge on any atom is 0.252 e. The topological polar surface area (TPSA) is 47.6 Å². The van der Waals surface area contributed by atoms with E-state index < -0.39 is 0 Å². The summed E-state index contributed by atoms with van der Waals surface area (Å²) in [6.45, 7) is 1.95. The van der Waals surface area contributed by atoms with Crippen LogP contribution in [-0.4, -0.2) is 20.1 Å². The average molecular weight is 387 g/mol. The Morgan fingerprint density at radius 2 is 1.48 bits per heavy atom. The first-order valence-electron chi connectivity index (χ1n) is 9.47. The second-order valence-corrected chi connectivity index (χ2v) is 6.64. The van der Waals surface area contributed by atoms with Gasteiger partial charge in [0.05, 0.1) is 20.3 Å². The van der Waals surface area contributed by atoms with Crippen molar-refractivity contribution in [2.75, 3.05) is 14.2 Å². The molecule has 0 aliphatic rings. The monoisotopic (exact) mass is 387 g/mol. The Labute approximate surface area is 171 Å². The summed E-state index contributed by atoms with van der Waals surface area (Å²) in [5, 5.41) is 3.10. The van der Waals surface area contributed by atoms with Gasteiger partial charge in [-0.15, -0.1) is 0 Å². The van der Waals surface area contributed by atoms with E-state index in [-0.39, 0.29) is 11.9 Å². The Kier molecular flexibility index (Phi) is 6.69. The Morgan fingerprint density at radius 1 is 0.862 bits per heavy atom. The molecule has 1 atom stereocenters. The highest BCUT2D eigenvalue weighted by Gasteiger charge is 2.17. The zero-order chi connectivity index (χ0) is 20.6. The number of hydrogen-bond donors (Lipinski definition) is 1. The average Bonchev–Trinajstić information content (AvgIpc) is 2.78. The molecular weight excluding hydrogens is 362 g/mol. The lowest BCUT2D eigenvalue weighted by atomic mass is 10.0. The van der Waals surface area contributed by atoms with Crippen molar-refractivity contribution in [3.05, 3.63) is 95.6 Å². The van der Waals surface area contributed by atoms with Crippen LogP contribution in [-0.2, 0) is 4.79 Å². The molecular formula is C25H25NO3. The maximum absolute atomic E-state index is 13.2. The van der Waals surface area contributed by atoms with Crippen molar-refractivity contribution in [2.24, 2.45) is 0 Å². The molecule has 4 heteroatoms. The lowest BCUT2D eigenvalue weighted by Gasteiger charge is -2.18. The lowest BCUT2D eigenvalue weighted by molar-refractivity contribution is -0.116. The van der Waals surface area contributed by atoms with E-state index >= 15 is 0 Å². The molecule has 0 saturated carbocycles. The van der Waals surface area contributed by atoms with Crippen LogP contribution in [0.15, 0.2) is 78.9 Å². The van der Waals surface area contributed by atoms with Gasteiger partial charge in [-0.2, -0.15) is 0 Å². The van der Waals surface area contributed by atoms with Crippen molar-refractivity contribution in [3.63, 3.8) is 0 Å². The molecule has 0 fully saturated rings. The summed E-state index contributed by atoms with van der Waals surface area (Å²) in [6, 6.07) is 25.0. The predicted octanol–water partition coefficient (Wildman–Crippen LogP) is 5.12. The van der Waals surface area contributed by atoms with Gasteiger partial charge in [0, 0.05) is 5.57 Å².